The molecule has 0 aliphatic carbocycles. The fraction of sp³-hybridized carbons (Fsp3) is 0.538. The Labute approximate surface area is 108 Å². The second kappa shape index (κ2) is 5.61. The molecule has 1 aromatic rings. The number of hydrogen-bond acceptors (Lipinski definition) is 3. The van der Waals surface area contributed by atoms with E-state index in [1.54, 1.807) is 6.07 Å². The Bertz CT molecular complexity index is 375. The fourth-order valence-corrected chi connectivity index (χ4v) is 2.51. The maximum atomic E-state index is 5.92. The van der Waals surface area contributed by atoms with Gasteiger partial charge in [-0.25, -0.2) is 0 Å². The third-order valence-corrected chi connectivity index (χ3v) is 3.38. The van der Waals surface area contributed by atoms with Gasteiger partial charge in [0.2, 0.25) is 0 Å². The summed E-state index contributed by atoms with van der Waals surface area (Å²) in [7, 11) is 0. The molecule has 4 heteroatoms. The zero-order valence-corrected chi connectivity index (χ0v) is 11.0. The van der Waals surface area contributed by atoms with Gasteiger partial charge in [-0.2, -0.15) is 0 Å². The van der Waals surface area contributed by atoms with Crippen LogP contribution in [0.15, 0.2) is 18.2 Å². The molecule has 3 N–H and O–H groups in total. The van der Waals surface area contributed by atoms with Crippen LogP contribution >= 0.6 is 11.6 Å². The summed E-state index contributed by atoms with van der Waals surface area (Å²) < 4.78 is 0. The largest absolute Gasteiger partial charge is 0.397 e. The number of halogens is 1. The highest BCUT2D eigenvalue weighted by atomic mass is 35.5. The van der Waals surface area contributed by atoms with E-state index in [9.17, 15) is 0 Å². The molecule has 1 unspecified atom stereocenters. The summed E-state index contributed by atoms with van der Waals surface area (Å²) in [6, 6.07) is 5.99. The predicted molar refractivity (Wildman–Crippen MR) is 74.6 cm³/mol. The topological polar surface area (TPSA) is 41.3 Å². The summed E-state index contributed by atoms with van der Waals surface area (Å²) in [5.74, 6) is 0. The zero-order chi connectivity index (χ0) is 12.3. The smallest absolute Gasteiger partial charge is 0.0577 e. The molecule has 1 aliphatic heterocycles. The van der Waals surface area contributed by atoms with E-state index in [0.29, 0.717) is 16.8 Å². The highest BCUT2D eigenvalue weighted by molar-refractivity contribution is 6.31. The predicted octanol–water partition coefficient (Wildman–Crippen LogP) is 2.82. The van der Waals surface area contributed by atoms with Crippen LogP contribution in [0.5, 0.6) is 0 Å². The third kappa shape index (κ3) is 3.51. The van der Waals surface area contributed by atoms with Crippen LogP contribution in [-0.2, 0) is 0 Å². The lowest BCUT2D eigenvalue weighted by Gasteiger charge is -2.22. The Morgan fingerprint density at radius 2 is 2.12 bits per heavy atom. The number of anilines is 2. The van der Waals surface area contributed by atoms with Crippen LogP contribution in [0.1, 0.15) is 19.8 Å². The first-order chi connectivity index (χ1) is 8.15. The van der Waals surface area contributed by atoms with E-state index in [1.807, 2.05) is 12.1 Å². The fourth-order valence-electron chi connectivity index (χ4n) is 2.33. The van der Waals surface area contributed by atoms with E-state index in [2.05, 4.69) is 17.1 Å². The van der Waals surface area contributed by atoms with Crippen LogP contribution < -0.4 is 11.1 Å². The molecule has 0 spiro atoms. The number of hydrogen-bond donors (Lipinski definition) is 2. The van der Waals surface area contributed by atoms with Gasteiger partial charge in [0.25, 0.3) is 0 Å². The van der Waals surface area contributed by atoms with E-state index in [-0.39, 0.29) is 0 Å². The van der Waals surface area contributed by atoms with Crippen LogP contribution in [0.4, 0.5) is 11.4 Å². The Morgan fingerprint density at radius 3 is 2.76 bits per heavy atom. The number of nitrogens with zero attached hydrogens (tertiary/aromatic N) is 1. The van der Waals surface area contributed by atoms with E-state index < -0.39 is 0 Å². The van der Waals surface area contributed by atoms with Crippen molar-refractivity contribution in [2.75, 3.05) is 30.7 Å². The average molecular weight is 254 g/mol. The lowest BCUT2D eigenvalue weighted by Crippen LogP contribution is -2.33. The molecule has 1 fully saturated rings. The molecule has 0 amide bonds. The molecule has 1 aromatic carbocycles. The molecule has 0 bridgehead atoms. The van der Waals surface area contributed by atoms with Crippen LogP contribution in [0.25, 0.3) is 0 Å². The minimum Gasteiger partial charge on any atom is -0.397 e. The van der Waals surface area contributed by atoms with E-state index in [4.69, 9.17) is 17.3 Å². The first-order valence-electron chi connectivity index (χ1n) is 6.19. The van der Waals surface area contributed by atoms with Crippen LogP contribution in [0, 0.1) is 0 Å². The Morgan fingerprint density at radius 1 is 1.41 bits per heavy atom. The standard InChI is InChI=1S/C13H20ClN3/c1-10(9-17-6-2-3-7-17)16-13-5-4-11(14)8-12(13)15/h4-5,8,10,16H,2-3,6-7,9,15H2,1H3. The SMILES string of the molecule is CC(CN1CCCC1)Nc1ccc(Cl)cc1N. The van der Waals surface area contributed by atoms with Gasteiger partial charge in [-0.05, 0) is 51.1 Å². The van der Waals surface area contributed by atoms with Crippen LogP contribution in [0.3, 0.4) is 0 Å². The second-order valence-corrected chi connectivity index (χ2v) is 5.22. The molecule has 2 rings (SSSR count). The Balaban J connectivity index is 1.90. The highest BCUT2D eigenvalue weighted by Crippen LogP contribution is 2.23. The van der Waals surface area contributed by atoms with E-state index in [0.717, 1.165) is 12.2 Å². The monoisotopic (exact) mass is 253 g/mol. The van der Waals surface area contributed by atoms with Crippen molar-refractivity contribution in [3.05, 3.63) is 23.2 Å². The summed E-state index contributed by atoms with van der Waals surface area (Å²) in [6.07, 6.45) is 2.66. The summed E-state index contributed by atoms with van der Waals surface area (Å²) in [5.41, 5.74) is 7.60. The third-order valence-electron chi connectivity index (χ3n) is 3.15. The molecule has 1 saturated heterocycles. The van der Waals surface area contributed by atoms with Gasteiger partial charge in [0.05, 0.1) is 11.4 Å². The van der Waals surface area contributed by atoms with Gasteiger partial charge in [-0.1, -0.05) is 11.6 Å². The summed E-state index contributed by atoms with van der Waals surface area (Å²) in [4.78, 5) is 2.49. The highest BCUT2D eigenvalue weighted by Gasteiger charge is 2.14. The van der Waals surface area contributed by atoms with Crippen molar-refractivity contribution < 1.29 is 0 Å². The van der Waals surface area contributed by atoms with Crippen LogP contribution in [-0.4, -0.2) is 30.6 Å². The average Bonchev–Trinajstić information content (AvgIpc) is 2.75. The molecule has 17 heavy (non-hydrogen) atoms. The minimum absolute atomic E-state index is 0.400. The molecule has 0 aromatic heterocycles. The van der Waals surface area contributed by atoms with Gasteiger partial charge >= 0.3 is 0 Å². The van der Waals surface area contributed by atoms with E-state index in [1.165, 1.54) is 25.9 Å². The van der Waals surface area contributed by atoms with Gasteiger partial charge in [0, 0.05) is 17.6 Å². The summed E-state index contributed by atoms with van der Waals surface area (Å²) >= 11 is 5.87. The Hall–Kier alpha value is -0.930. The first kappa shape index (κ1) is 12.5. The molecule has 0 radical (unpaired) electrons. The van der Waals surface area contributed by atoms with Crippen molar-refractivity contribution in [3.63, 3.8) is 0 Å². The van der Waals surface area contributed by atoms with Gasteiger partial charge in [-0.3, -0.25) is 0 Å². The van der Waals surface area contributed by atoms with E-state index >= 15 is 0 Å². The van der Waals surface area contributed by atoms with Crippen molar-refractivity contribution in [3.8, 4) is 0 Å². The molecule has 3 nitrogen and oxygen atoms in total. The molecule has 1 aliphatic rings. The summed E-state index contributed by atoms with van der Waals surface area (Å²) in [6.45, 7) is 5.71. The number of nitrogens with two attached hydrogens (primary N) is 1. The number of nitrogen functional groups attached to an aromatic ring is 1. The minimum atomic E-state index is 0.400. The molecular weight excluding hydrogens is 234 g/mol. The maximum absolute atomic E-state index is 5.92. The van der Waals surface area contributed by atoms with Gasteiger partial charge in [0.15, 0.2) is 0 Å². The summed E-state index contributed by atoms with van der Waals surface area (Å²) in [5, 5.41) is 4.12. The molecular formula is C13H20ClN3. The number of benzene rings is 1. The first-order valence-corrected chi connectivity index (χ1v) is 6.57. The second-order valence-electron chi connectivity index (χ2n) is 4.78. The van der Waals surface area contributed by atoms with Gasteiger partial charge in [-0.15, -0.1) is 0 Å². The molecule has 1 heterocycles. The van der Waals surface area contributed by atoms with Crippen molar-refractivity contribution in [2.24, 2.45) is 0 Å². The maximum Gasteiger partial charge on any atom is 0.0577 e. The normalized spacial score (nSPS) is 18.2. The lowest BCUT2D eigenvalue weighted by molar-refractivity contribution is 0.328. The molecule has 94 valence electrons. The van der Waals surface area contributed by atoms with Crippen molar-refractivity contribution in [2.45, 2.75) is 25.8 Å². The van der Waals surface area contributed by atoms with Gasteiger partial charge in [0.1, 0.15) is 0 Å². The van der Waals surface area contributed by atoms with Crippen LogP contribution in [0.2, 0.25) is 5.02 Å². The number of nitrogens with one attached hydrogen (secondary N) is 1. The molecule has 1 atom stereocenters. The van der Waals surface area contributed by atoms with Gasteiger partial charge < -0.3 is 16.0 Å². The van der Waals surface area contributed by atoms with Crippen molar-refractivity contribution >= 4 is 23.0 Å². The molecule has 0 saturated carbocycles. The zero-order valence-electron chi connectivity index (χ0n) is 10.2. The number of likely N-dealkylation sites (tertiary alicyclic amines) is 1. The Kier molecular flexibility index (Phi) is 4.13. The lowest BCUT2D eigenvalue weighted by atomic mass is 10.2. The quantitative estimate of drug-likeness (QED) is 0.811. The number of rotatable bonds is 4. The van der Waals surface area contributed by atoms with Crippen molar-refractivity contribution in [1.82, 2.24) is 4.90 Å². The van der Waals surface area contributed by atoms with Crippen molar-refractivity contribution in [1.29, 1.82) is 0 Å².